The minimum atomic E-state index is -0.811. The summed E-state index contributed by atoms with van der Waals surface area (Å²) in [4.78, 5) is 0. The number of nitriles is 1. The number of hydrogen-bond donors (Lipinski definition) is 1. The number of allylic oxidation sites excluding steroid dienone is 4. The van der Waals surface area contributed by atoms with Crippen molar-refractivity contribution in [2.75, 3.05) is 0 Å². The van der Waals surface area contributed by atoms with Crippen molar-refractivity contribution < 1.29 is 5.11 Å². The predicted octanol–water partition coefficient (Wildman–Crippen LogP) is 8.42. The highest BCUT2D eigenvalue weighted by Gasteiger charge is 1.97. The molecule has 1 atom stereocenters. The molecule has 0 fully saturated rings. The van der Waals surface area contributed by atoms with Crippen molar-refractivity contribution in [1.29, 1.82) is 5.26 Å². The quantitative estimate of drug-likeness (QED) is 0.122. The van der Waals surface area contributed by atoms with Gasteiger partial charge in [-0.1, -0.05) is 115 Å². The summed E-state index contributed by atoms with van der Waals surface area (Å²) in [6.07, 6.45) is 32.6. The molecule has 28 heavy (non-hydrogen) atoms. The lowest BCUT2D eigenvalue weighted by Crippen LogP contribution is -2.00. The van der Waals surface area contributed by atoms with Crippen LogP contribution in [0.25, 0.3) is 0 Å². The van der Waals surface area contributed by atoms with Crippen LogP contribution in [-0.2, 0) is 0 Å². The van der Waals surface area contributed by atoms with Gasteiger partial charge in [0.15, 0.2) is 0 Å². The van der Waals surface area contributed by atoms with E-state index in [0.717, 1.165) is 19.3 Å². The van der Waals surface area contributed by atoms with Crippen molar-refractivity contribution in [3.8, 4) is 6.07 Å². The van der Waals surface area contributed by atoms with Crippen LogP contribution in [0.4, 0.5) is 0 Å². The van der Waals surface area contributed by atoms with Crippen LogP contribution >= 0.6 is 0 Å². The first-order valence-corrected chi connectivity index (χ1v) is 12.2. The summed E-state index contributed by atoms with van der Waals surface area (Å²) >= 11 is 0. The van der Waals surface area contributed by atoms with Crippen molar-refractivity contribution >= 4 is 0 Å². The third-order valence-electron chi connectivity index (χ3n) is 5.31. The van der Waals surface area contributed by atoms with Crippen LogP contribution in [0.1, 0.15) is 129 Å². The van der Waals surface area contributed by atoms with Crippen molar-refractivity contribution in [3.05, 3.63) is 24.3 Å². The molecule has 0 saturated carbocycles. The zero-order valence-electron chi connectivity index (χ0n) is 18.7. The zero-order valence-corrected chi connectivity index (χ0v) is 18.7. The molecule has 0 saturated heterocycles. The highest BCUT2D eigenvalue weighted by atomic mass is 16.3. The lowest BCUT2D eigenvalue weighted by molar-refractivity contribution is 0.221. The molecule has 1 unspecified atom stereocenters. The molecule has 0 aromatic rings. The monoisotopic (exact) mass is 389 g/mol. The van der Waals surface area contributed by atoms with Gasteiger partial charge >= 0.3 is 0 Å². The number of hydrogen-bond acceptors (Lipinski definition) is 2. The van der Waals surface area contributed by atoms with Gasteiger partial charge in [-0.3, -0.25) is 0 Å². The largest absolute Gasteiger partial charge is 0.378 e. The molecular formula is C26H47NO. The molecule has 0 aliphatic rings. The fraction of sp³-hybridized carbons (Fsp3) is 0.808. The van der Waals surface area contributed by atoms with Gasteiger partial charge in [-0.25, -0.2) is 0 Å². The fourth-order valence-corrected chi connectivity index (χ4v) is 3.44. The number of nitrogens with zero attached hydrogens (tertiary/aromatic N) is 1. The Kier molecular flexibility index (Phi) is 23.1. The molecule has 0 bridgehead atoms. The van der Waals surface area contributed by atoms with Gasteiger partial charge in [-0.05, 0) is 38.5 Å². The van der Waals surface area contributed by atoms with E-state index in [1.54, 1.807) is 0 Å². The van der Waals surface area contributed by atoms with E-state index in [1.807, 2.05) is 6.07 Å². The molecule has 0 spiro atoms. The van der Waals surface area contributed by atoms with E-state index in [-0.39, 0.29) is 0 Å². The highest BCUT2D eigenvalue weighted by molar-refractivity contribution is 4.90. The second-order valence-corrected chi connectivity index (χ2v) is 8.13. The Labute approximate surface area is 176 Å². The van der Waals surface area contributed by atoms with E-state index in [9.17, 15) is 0 Å². The molecule has 1 N–H and O–H groups in total. The van der Waals surface area contributed by atoms with Gasteiger partial charge in [-0.15, -0.1) is 0 Å². The molecule has 0 aliphatic carbocycles. The zero-order chi connectivity index (χ0) is 20.5. The summed E-state index contributed by atoms with van der Waals surface area (Å²) in [6, 6.07) is 1.84. The summed E-state index contributed by atoms with van der Waals surface area (Å²) in [7, 11) is 0. The van der Waals surface area contributed by atoms with Crippen LogP contribution in [0.3, 0.4) is 0 Å². The smallest absolute Gasteiger partial charge is 0.140 e. The van der Waals surface area contributed by atoms with Crippen molar-refractivity contribution in [2.45, 2.75) is 135 Å². The molecule has 162 valence electrons. The SMILES string of the molecule is CCCCCCCCCCCCCCCC/C=C\CC/C=C\CCC(O)C#N. The summed E-state index contributed by atoms with van der Waals surface area (Å²) in [6.45, 7) is 2.29. The summed E-state index contributed by atoms with van der Waals surface area (Å²) in [5.74, 6) is 0. The average molecular weight is 390 g/mol. The van der Waals surface area contributed by atoms with Crippen molar-refractivity contribution in [2.24, 2.45) is 0 Å². The maximum atomic E-state index is 9.12. The van der Waals surface area contributed by atoms with Gasteiger partial charge in [0, 0.05) is 0 Å². The second kappa shape index (κ2) is 24.0. The number of aliphatic hydroxyl groups excluding tert-OH is 1. The summed E-state index contributed by atoms with van der Waals surface area (Å²) in [5.41, 5.74) is 0. The Bertz CT molecular complexity index is 394. The summed E-state index contributed by atoms with van der Waals surface area (Å²) in [5, 5.41) is 17.6. The minimum Gasteiger partial charge on any atom is -0.378 e. The van der Waals surface area contributed by atoms with E-state index in [1.165, 1.54) is 96.3 Å². The first-order valence-electron chi connectivity index (χ1n) is 12.2. The topological polar surface area (TPSA) is 44.0 Å². The Hall–Kier alpha value is -1.07. The number of rotatable bonds is 21. The van der Waals surface area contributed by atoms with Gasteiger partial charge in [0.1, 0.15) is 6.10 Å². The number of aliphatic hydroxyl groups is 1. The molecular weight excluding hydrogens is 342 g/mol. The van der Waals surface area contributed by atoms with Crippen molar-refractivity contribution in [3.63, 3.8) is 0 Å². The van der Waals surface area contributed by atoms with Gasteiger partial charge in [0.05, 0.1) is 6.07 Å². The molecule has 0 radical (unpaired) electrons. The van der Waals surface area contributed by atoms with Gasteiger partial charge in [0.25, 0.3) is 0 Å². The standard InChI is InChI=1S/C26H47NO/c1-2-3-4-5-6-7-8-9-10-11-12-13-14-15-16-17-18-19-20-21-22-23-24-26(28)25-27/h17-18,21-22,26,28H,2-16,19-20,23-24H2,1H3/b18-17-,22-21-. The first kappa shape index (κ1) is 26.9. The van der Waals surface area contributed by atoms with Gasteiger partial charge in [0.2, 0.25) is 0 Å². The van der Waals surface area contributed by atoms with Crippen LogP contribution in [0.2, 0.25) is 0 Å². The van der Waals surface area contributed by atoms with E-state index < -0.39 is 6.10 Å². The molecule has 0 aliphatic heterocycles. The van der Waals surface area contributed by atoms with Crippen LogP contribution in [0, 0.1) is 11.3 Å². The van der Waals surface area contributed by atoms with Gasteiger partial charge < -0.3 is 5.11 Å². The van der Waals surface area contributed by atoms with Crippen LogP contribution in [0.15, 0.2) is 24.3 Å². The molecule has 0 heterocycles. The van der Waals surface area contributed by atoms with Crippen molar-refractivity contribution in [1.82, 2.24) is 0 Å². The highest BCUT2D eigenvalue weighted by Crippen LogP contribution is 2.13. The lowest BCUT2D eigenvalue weighted by atomic mass is 10.0. The molecule has 0 aromatic heterocycles. The molecule has 2 nitrogen and oxygen atoms in total. The van der Waals surface area contributed by atoms with Crippen LogP contribution in [0.5, 0.6) is 0 Å². The Morgan fingerprint density at radius 3 is 1.46 bits per heavy atom. The minimum absolute atomic E-state index is 0.544. The van der Waals surface area contributed by atoms with E-state index in [2.05, 4.69) is 31.2 Å². The molecule has 2 heteroatoms. The van der Waals surface area contributed by atoms with E-state index in [4.69, 9.17) is 10.4 Å². The first-order chi connectivity index (χ1) is 13.8. The maximum absolute atomic E-state index is 9.12. The number of unbranched alkanes of at least 4 members (excludes halogenated alkanes) is 15. The van der Waals surface area contributed by atoms with Crippen LogP contribution in [-0.4, -0.2) is 11.2 Å². The predicted molar refractivity (Wildman–Crippen MR) is 123 cm³/mol. The molecule has 0 amide bonds. The Balaban J connectivity index is 3.16. The average Bonchev–Trinajstić information content (AvgIpc) is 2.71. The third kappa shape index (κ3) is 23.0. The van der Waals surface area contributed by atoms with Crippen LogP contribution < -0.4 is 0 Å². The maximum Gasteiger partial charge on any atom is 0.140 e. The summed E-state index contributed by atoms with van der Waals surface area (Å²) < 4.78 is 0. The lowest BCUT2D eigenvalue weighted by Gasteiger charge is -2.02. The Morgan fingerprint density at radius 2 is 1.00 bits per heavy atom. The van der Waals surface area contributed by atoms with E-state index >= 15 is 0 Å². The molecule has 0 rings (SSSR count). The third-order valence-corrected chi connectivity index (χ3v) is 5.31. The van der Waals surface area contributed by atoms with E-state index in [0.29, 0.717) is 6.42 Å². The fourth-order valence-electron chi connectivity index (χ4n) is 3.44. The molecule has 0 aromatic carbocycles. The Morgan fingerprint density at radius 1 is 0.607 bits per heavy atom. The second-order valence-electron chi connectivity index (χ2n) is 8.13. The van der Waals surface area contributed by atoms with Gasteiger partial charge in [-0.2, -0.15) is 5.26 Å². The normalized spacial score (nSPS) is 12.8.